The molecule has 4 atom stereocenters. The van der Waals surface area contributed by atoms with E-state index in [4.69, 9.17) is 37.0 Å². The van der Waals surface area contributed by atoms with Gasteiger partial charge in [0.2, 0.25) is 0 Å². The number of ether oxygens (including phenoxy) is 4. The van der Waals surface area contributed by atoms with Crippen LogP contribution in [0.2, 0.25) is 0 Å². The Labute approximate surface area is 559 Å². The Bertz CT molecular complexity index is 1810. The van der Waals surface area contributed by atoms with E-state index in [1.807, 2.05) is 0 Å². The number of aliphatic hydroxyl groups is 1. The van der Waals surface area contributed by atoms with E-state index in [-0.39, 0.29) is 25.7 Å². The number of carbonyl (C=O) groups excluding carboxylic acids is 4. The summed E-state index contributed by atoms with van der Waals surface area (Å²) in [6.07, 6.45) is 61.1. The van der Waals surface area contributed by atoms with Gasteiger partial charge < -0.3 is 33.8 Å². The molecule has 0 aliphatic heterocycles. The van der Waals surface area contributed by atoms with Gasteiger partial charge in [-0.1, -0.05) is 230 Å². The van der Waals surface area contributed by atoms with Crippen molar-refractivity contribution >= 4 is 39.5 Å². The van der Waals surface area contributed by atoms with E-state index in [9.17, 15) is 43.2 Å². The van der Waals surface area contributed by atoms with Crippen LogP contribution in [0, 0.1) is 0 Å². The highest BCUT2D eigenvalue weighted by Crippen LogP contribution is 2.45. The molecule has 2 unspecified atom stereocenters. The number of aliphatic hydroxyl groups excluding tert-OH is 1. The van der Waals surface area contributed by atoms with Gasteiger partial charge >= 0.3 is 39.5 Å². The maximum atomic E-state index is 13.0. The highest BCUT2D eigenvalue weighted by atomic mass is 31.2. The molecule has 538 valence electrons. The van der Waals surface area contributed by atoms with Gasteiger partial charge in [0.15, 0.2) is 12.2 Å². The Morgan fingerprint density at radius 3 is 0.750 bits per heavy atom. The van der Waals surface area contributed by atoms with Crippen molar-refractivity contribution in [1.82, 2.24) is 0 Å². The summed E-state index contributed by atoms with van der Waals surface area (Å²) in [5.74, 6) is -2.19. The Hall–Kier alpha value is -2.98. The molecule has 19 heteroatoms. The molecule has 0 saturated carbocycles. The summed E-state index contributed by atoms with van der Waals surface area (Å²) in [6, 6.07) is 0. The number of rotatable bonds is 70. The van der Waals surface area contributed by atoms with Crippen LogP contribution in [0.1, 0.15) is 336 Å². The fraction of sp³-hybridized carbons (Fsp3) is 0.836. The molecule has 3 N–H and O–H groups in total. The van der Waals surface area contributed by atoms with Crippen LogP contribution in [0.25, 0.3) is 0 Å². The zero-order valence-corrected chi connectivity index (χ0v) is 60.3. The third-order valence-corrected chi connectivity index (χ3v) is 17.6. The van der Waals surface area contributed by atoms with Gasteiger partial charge in [0.1, 0.15) is 19.3 Å². The van der Waals surface area contributed by atoms with Crippen LogP contribution >= 0.6 is 15.6 Å². The maximum Gasteiger partial charge on any atom is 0.472 e. The van der Waals surface area contributed by atoms with E-state index < -0.39 is 97.5 Å². The van der Waals surface area contributed by atoms with Crippen molar-refractivity contribution in [3.63, 3.8) is 0 Å². The van der Waals surface area contributed by atoms with Crippen LogP contribution in [-0.4, -0.2) is 96.7 Å². The highest BCUT2D eigenvalue weighted by molar-refractivity contribution is 7.47. The van der Waals surface area contributed by atoms with Crippen LogP contribution in [0.15, 0.2) is 48.6 Å². The molecule has 0 rings (SSSR count). The summed E-state index contributed by atoms with van der Waals surface area (Å²) in [4.78, 5) is 72.6. The summed E-state index contributed by atoms with van der Waals surface area (Å²) in [5.41, 5.74) is 0. The topological polar surface area (TPSA) is 237 Å². The van der Waals surface area contributed by atoms with Gasteiger partial charge in [0, 0.05) is 25.7 Å². The lowest BCUT2D eigenvalue weighted by molar-refractivity contribution is -0.161. The molecule has 0 aromatic carbocycles. The van der Waals surface area contributed by atoms with Gasteiger partial charge in [-0.25, -0.2) is 9.13 Å². The summed E-state index contributed by atoms with van der Waals surface area (Å²) >= 11 is 0. The van der Waals surface area contributed by atoms with Crippen LogP contribution in [-0.2, 0) is 65.4 Å². The number of allylic oxidation sites excluding steroid dienone is 8. The number of phosphoric ester groups is 2. The number of phosphoric acid groups is 2. The molecule has 0 aliphatic rings. The van der Waals surface area contributed by atoms with Gasteiger partial charge in [-0.2, -0.15) is 0 Å². The minimum Gasteiger partial charge on any atom is -0.462 e. The quantitative estimate of drug-likeness (QED) is 0.0169. The molecule has 0 amide bonds. The summed E-state index contributed by atoms with van der Waals surface area (Å²) in [7, 11) is -9.93. The molecule has 0 aromatic heterocycles. The van der Waals surface area contributed by atoms with Crippen molar-refractivity contribution in [2.75, 3.05) is 39.6 Å². The molecular weight excluding hydrogens is 1210 g/mol. The van der Waals surface area contributed by atoms with Crippen LogP contribution in [0.5, 0.6) is 0 Å². The first kappa shape index (κ1) is 89.0. The van der Waals surface area contributed by atoms with Crippen molar-refractivity contribution in [3.8, 4) is 0 Å². The van der Waals surface area contributed by atoms with E-state index in [1.54, 1.807) is 0 Å². The predicted octanol–water partition coefficient (Wildman–Crippen LogP) is 20.6. The lowest BCUT2D eigenvalue weighted by Crippen LogP contribution is -2.30. The first-order valence-electron chi connectivity index (χ1n) is 36.9. The minimum absolute atomic E-state index is 0.0877. The zero-order valence-electron chi connectivity index (χ0n) is 58.5. The van der Waals surface area contributed by atoms with E-state index in [0.29, 0.717) is 25.7 Å². The van der Waals surface area contributed by atoms with Crippen molar-refractivity contribution in [3.05, 3.63) is 48.6 Å². The second-order valence-corrected chi connectivity index (χ2v) is 27.8. The third kappa shape index (κ3) is 65.7. The molecular formula is C73H134O17P2. The van der Waals surface area contributed by atoms with E-state index in [2.05, 4.69) is 76.3 Å². The van der Waals surface area contributed by atoms with Gasteiger partial charge in [-0.15, -0.1) is 0 Å². The summed E-state index contributed by atoms with van der Waals surface area (Å²) in [6.45, 7) is 4.81. The summed E-state index contributed by atoms with van der Waals surface area (Å²) < 4.78 is 68.3. The fourth-order valence-electron chi connectivity index (χ4n) is 10.0. The lowest BCUT2D eigenvalue weighted by Gasteiger charge is -2.21. The smallest absolute Gasteiger partial charge is 0.462 e. The standard InChI is InChI=1S/C73H134O17P2/c1-5-9-13-17-21-25-29-33-37-41-45-49-53-57-70(75)83-63-68(89-72(77)59-55-51-47-43-39-35-31-27-23-19-15-11-7-3)65-87-91(79,80)85-61-67(74)62-86-92(81,82)88-66-69(90-73(78)60-56-52-48-44-40-36-32-28-24-20-16-12-8-4)64-84-71(76)58-54-50-46-42-38-34-30-26-22-18-14-10-6-2/h25-32,67-69,74H,5-24,33-66H2,1-4H3,(H,79,80)(H,81,82)/b29-25+,30-26+,31-27+,32-28+/t68-,69-/m1/s1. The Kier molecular flexibility index (Phi) is 64.5. The van der Waals surface area contributed by atoms with Crippen molar-refractivity contribution in [2.24, 2.45) is 0 Å². The SMILES string of the molecule is CCCCCC/C=C/CCCCCCCC(=O)OC[C@H](COP(=O)(O)OCC(O)COP(=O)(O)OC[C@@H](COC(=O)CCCCCCC/C=C/CCCCCC)OC(=O)CCCCCCC/C=C/CCCCCC)OC(=O)CCCCCCC/C=C/CCCCCC. The summed E-state index contributed by atoms with van der Waals surface area (Å²) in [5, 5.41) is 10.6. The van der Waals surface area contributed by atoms with Gasteiger partial charge in [-0.3, -0.25) is 37.3 Å². The molecule has 0 radical (unpaired) electrons. The predicted molar refractivity (Wildman–Crippen MR) is 372 cm³/mol. The normalized spacial score (nSPS) is 14.3. The lowest BCUT2D eigenvalue weighted by atomic mass is 10.1. The molecule has 92 heavy (non-hydrogen) atoms. The van der Waals surface area contributed by atoms with Crippen molar-refractivity contribution in [1.29, 1.82) is 0 Å². The van der Waals surface area contributed by atoms with Crippen molar-refractivity contribution in [2.45, 2.75) is 354 Å². The third-order valence-electron chi connectivity index (χ3n) is 15.7. The number of unbranched alkanes of at least 4 members (excludes halogenated alkanes) is 36. The van der Waals surface area contributed by atoms with E-state index in [1.165, 1.54) is 103 Å². The Morgan fingerprint density at radius 2 is 0.500 bits per heavy atom. The van der Waals surface area contributed by atoms with E-state index >= 15 is 0 Å². The number of hydrogen-bond acceptors (Lipinski definition) is 15. The average Bonchev–Trinajstić information content (AvgIpc) is 3.63. The van der Waals surface area contributed by atoms with E-state index in [0.717, 1.165) is 154 Å². The monoisotopic (exact) mass is 1340 g/mol. The van der Waals surface area contributed by atoms with Gasteiger partial charge in [0.25, 0.3) is 0 Å². The van der Waals surface area contributed by atoms with Crippen LogP contribution < -0.4 is 0 Å². The first-order valence-corrected chi connectivity index (χ1v) is 39.9. The molecule has 0 bridgehead atoms. The number of hydrogen-bond donors (Lipinski definition) is 3. The molecule has 0 aliphatic carbocycles. The molecule has 0 aromatic rings. The zero-order chi connectivity index (χ0) is 67.5. The molecule has 0 heterocycles. The van der Waals surface area contributed by atoms with Crippen LogP contribution in [0.4, 0.5) is 0 Å². The first-order chi connectivity index (χ1) is 44.7. The number of esters is 4. The highest BCUT2D eigenvalue weighted by Gasteiger charge is 2.30. The Morgan fingerprint density at radius 1 is 0.293 bits per heavy atom. The minimum atomic E-state index is -4.96. The Balaban J connectivity index is 5.32. The largest absolute Gasteiger partial charge is 0.472 e. The van der Waals surface area contributed by atoms with Crippen molar-refractivity contribution < 1.29 is 80.2 Å². The fourth-order valence-corrected chi connectivity index (χ4v) is 11.6. The number of carbonyl (C=O) groups is 4. The molecule has 17 nitrogen and oxygen atoms in total. The molecule has 0 spiro atoms. The maximum absolute atomic E-state index is 13.0. The van der Waals surface area contributed by atoms with Crippen LogP contribution in [0.3, 0.4) is 0 Å². The molecule has 0 fully saturated rings. The van der Waals surface area contributed by atoms with Gasteiger partial charge in [0.05, 0.1) is 26.4 Å². The second kappa shape index (κ2) is 66.6. The molecule has 0 saturated heterocycles. The average molecular weight is 1350 g/mol. The second-order valence-electron chi connectivity index (χ2n) is 24.9. The van der Waals surface area contributed by atoms with Gasteiger partial charge in [-0.05, 0) is 128 Å².